The van der Waals surface area contributed by atoms with Gasteiger partial charge in [0.1, 0.15) is 6.17 Å². The molecule has 0 amide bonds. The number of anilines is 2. The van der Waals surface area contributed by atoms with Crippen molar-refractivity contribution in [3.63, 3.8) is 0 Å². The van der Waals surface area contributed by atoms with Crippen molar-refractivity contribution in [3.05, 3.63) is 58.1 Å². The van der Waals surface area contributed by atoms with E-state index in [1.807, 2.05) is 13.0 Å². The van der Waals surface area contributed by atoms with E-state index in [-0.39, 0.29) is 23.2 Å². The van der Waals surface area contributed by atoms with Gasteiger partial charge < -0.3 is 11.1 Å². The van der Waals surface area contributed by atoms with Crippen molar-refractivity contribution >= 4 is 22.9 Å². The van der Waals surface area contributed by atoms with Gasteiger partial charge in [0, 0.05) is 28.5 Å². The minimum absolute atomic E-state index is 0.0918. The van der Waals surface area contributed by atoms with E-state index in [2.05, 4.69) is 5.32 Å². The predicted molar refractivity (Wildman–Crippen MR) is 99.7 cm³/mol. The number of rotatable bonds is 2. The fourth-order valence-corrected chi connectivity index (χ4v) is 3.98. The van der Waals surface area contributed by atoms with Crippen LogP contribution in [0, 0.1) is 6.92 Å². The van der Waals surface area contributed by atoms with Gasteiger partial charge in [0.25, 0.3) is 0 Å². The van der Waals surface area contributed by atoms with Crippen LogP contribution in [0.3, 0.4) is 0 Å². The zero-order chi connectivity index (χ0) is 18.4. The summed E-state index contributed by atoms with van der Waals surface area (Å²) in [6, 6.07) is 8.75. The normalized spacial score (nSPS) is 21.9. The topological polar surface area (TPSA) is 72.2 Å². The number of halogens is 1. The lowest BCUT2D eigenvalue weighted by atomic mass is 9.81. The number of nitrogens with one attached hydrogen (secondary N) is 1. The molecular formula is C21H21FN2O2. The number of nitrogens with two attached hydrogens (primary N) is 1. The average Bonchev–Trinajstić information content (AvgIpc) is 2.64. The third-order valence-corrected chi connectivity index (χ3v) is 5.46. The molecule has 5 heteroatoms. The summed E-state index contributed by atoms with van der Waals surface area (Å²) >= 11 is 0. The van der Waals surface area contributed by atoms with Gasteiger partial charge in [-0.15, -0.1) is 0 Å². The fraction of sp³-hybridized carbons (Fsp3) is 0.333. The third kappa shape index (κ3) is 2.59. The van der Waals surface area contributed by atoms with Crippen LogP contribution >= 0.6 is 0 Å². The maximum absolute atomic E-state index is 13.4. The molecule has 0 aromatic heterocycles. The molecule has 0 bridgehead atoms. The van der Waals surface area contributed by atoms with Crippen LogP contribution in [0.4, 0.5) is 15.8 Å². The summed E-state index contributed by atoms with van der Waals surface area (Å²) in [6.07, 6.45) is 1.70. The van der Waals surface area contributed by atoms with Crippen molar-refractivity contribution in [2.45, 2.75) is 44.8 Å². The van der Waals surface area contributed by atoms with Crippen molar-refractivity contribution in [3.8, 4) is 0 Å². The highest BCUT2D eigenvalue weighted by molar-refractivity contribution is 6.32. The summed E-state index contributed by atoms with van der Waals surface area (Å²) in [6.45, 7) is 1.83. The predicted octanol–water partition coefficient (Wildman–Crippen LogP) is 4.05. The number of carbonyl (C=O) groups excluding carboxylic acids is 2. The number of alkyl halides is 1. The molecule has 0 atom stereocenters. The van der Waals surface area contributed by atoms with Crippen molar-refractivity contribution in [2.75, 3.05) is 11.1 Å². The average molecular weight is 352 g/mol. The molecule has 0 unspecified atom stereocenters. The monoisotopic (exact) mass is 352 g/mol. The Morgan fingerprint density at radius 3 is 2.19 bits per heavy atom. The molecule has 2 aliphatic carbocycles. The number of nitrogen functional groups attached to an aromatic ring is 1. The van der Waals surface area contributed by atoms with E-state index in [1.54, 1.807) is 24.3 Å². The first-order chi connectivity index (χ1) is 12.5. The second-order valence-corrected chi connectivity index (χ2v) is 7.20. The van der Waals surface area contributed by atoms with Crippen LogP contribution in [0.5, 0.6) is 0 Å². The summed E-state index contributed by atoms with van der Waals surface area (Å²) in [7, 11) is 0. The Morgan fingerprint density at radius 2 is 1.58 bits per heavy atom. The van der Waals surface area contributed by atoms with Crippen LogP contribution in [-0.4, -0.2) is 23.8 Å². The Morgan fingerprint density at radius 1 is 1.00 bits per heavy atom. The highest BCUT2D eigenvalue weighted by atomic mass is 19.1. The molecule has 0 radical (unpaired) electrons. The quantitative estimate of drug-likeness (QED) is 0.683. The van der Waals surface area contributed by atoms with Crippen LogP contribution < -0.4 is 11.1 Å². The van der Waals surface area contributed by atoms with Crippen molar-refractivity contribution < 1.29 is 14.0 Å². The molecule has 3 N–H and O–H groups in total. The molecule has 2 aliphatic rings. The first-order valence-corrected chi connectivity index (χ1v) is 8.99. The lowest BCUT2D eigenvalue weighted by Crippen LogP contribution is -2.30. The van der Waals surface area contributed by atoms with E-state index in [9.17, 15) is 14.0 Å². The zero-order valence-corrected chi connectivity index (χ0v) is 14.6. The Kier molecular flexibility index (Phi) is 4.02. The zero-order valence-electron chi connectivity index (χ0n) is 14.6. The number of aryl methyl sites for hydroxylation is 1. The first kappa shape index (κ1) is 16.8. The number of benzene rings is 2. The fourth-order valence-electron chi connectivity index (χ4n) is 3.98. The van der Waals surface area contributed by atoms with Crippen molar-refractivity contribution in [2.24, 2.45) is 0 Å². The Bertz CT molecular complexity index is 914. The molecule has 2 aromatic rings. The van der Waals surface area contributed by atoms with Gasteiger partial charge in [0.2, 0.25) is 0 Å². The Balaban J connectivity index is 1.81. The van der Waals surface area contributed by atoms with Gasteiger partial charge in [0.05, 0.1) is 11.1 Å². The van der Waals surface area contributed by atoms with Crippen LogP contribution in [0.15, 0.2) is 30.3 Å². The standard InChI is InChI=1S/C21H21FN2O2/c1-11-10-16(24-13-8-6-12(22)7-9-13)17-18(19(11)23)21(26)15-5-3-2-4-14(15)20(17)25/h2-5,10,12-13,24H,6-9,23H2,1H3. The van der Waals surface area contributed by atoms with E-state index in [1.165, 1.54) is 0 Å². The van der Waals surface area contributed by atoms with Crippen LogP contribution in [-0.2, 0) is 0 Å². The van der Waals surface area contributed by atoms with E-state index in [0.717, 1.165) is 5.56 Å². The molecule has 2 aromatic carbocycles. The van der Waals surface area contributed by atoms with Crippen LogP contribution in [0.25, 0.3) is 0 Å². The minimum atomic E-state index is -0.745. The number of ketones is 2. The molecule has 4 rings (SSSR count). The summed E-state index contributed by atoms with van der Waals surface area (Å²) in [4.78, 5) is 26.1. The number of fused-ring (bicyclic) bond motifs is 2. The van der Waals surface area contributed by atoms with E-state index in [4.69, 9.17) is 5.73 Å². The van der Waals surface area contributed by atoms with Gasteiger partial charge in [-0.3, -0.25) is 9.59 Å². The minimum Gasteiger partial charge on any atom is -0.398 e. The smallest absolute Gasteiger partial charge is 0.196 e. The van der Waals surface area contributed by atoms with Crippen LogP contribution in [0.1, 0.15) is 63.1 Å². The van der Waals surface area contributed by atoms with Gasteiger partial charge >= 0.3 is 0 Å². The molecule has 26 heavy (non-hydrogen) atoms. The molecule has 0 aliphatic heterocycles. The second-order valence-electron chi connectivity index (χ2n) is 7.20. The Labute approximate surface area is 151 Å². The highest BCUT2D eigenvalue weighted by Crippen LogP contribution is 2.38. The summed E-state index contributed by atoms with van der Waals surface area (Å²) in [5, 5.41) is 3.38. The molecule has 1 saturated carbocycles. The maximum atomic E-state index is 13.4. The lowest BCUT2D eigenvalue weighted by Gasteiger charge is -2.29. The first-order valence-electron chi connectivity index (χ1n) is 8.99. The lowest BCUT2D eigenvalue weighted by molar-refractivity contribution is 0.0980. The highest BCUT2D eigenvalue weighted by Gasteiger charge is 2.34. The maximum Gasteiger partial charge on any atom is 0.196 e. The number of hydrogen-bond acceptors (Lipinski definition) is 4. The van der Waals surface area contributed by atoms with Crippen molar-refractivity contribution in [1.29, 1.82) is 0 Å². The third-order valence-electron chi connectivity index (χ3n) is 5.46. The SMILES string of the molecule is Cc1cc(NC2CCC(F)CC2)c2c(c1N)C(=O)c1ccccc1C2=O. The summed E-state index contributed by atoms with van der Waals surface area (Å²) in [5.41, 5.74) is 9.35. The van der Waals surface area contributed by atoms with Gasteiger partial charge in [-0.05, 0) is 44.2 Å². The van der Waals surface area contributed by atoms with E-state index < -0.39 is 6.17 Å². The summed E-state index contributed by atoms with van der Waals surface area (Å²) in [5.74, 6) is -0.407. The number of hydrogen-bond donors (Lipinski definition) is 2. The molecule has 4 nitrogen and oxygen atoms in total. The van der Waals surface area contributed by atoms with E-state index >= 15 is 0 Å². The van der Waals surface area contributed by atoms with Gasteiger partial charge in [-0.2, -0.15) is 0 Å². The van der Waals surface area contributed by atoms with Crippen molar-refractivity contribution in [1.82, 2.24) is 0 Å². The Hall–Kier alpha value is -2.69. The van der Waals surface area contributed by atoms with E-state index in [0.29, 0.717) is 53.7 Å². The molecule has 1 fully saturated rings. The number of carbonyl (C=O) groups is 2. The van der Waals surface area contributed by atoms with Gasteiger partial charge in [-0.1, -0.05) is 24.3 Å². The van der Waals surface area contributed by atoms with Gasteiger partial charge in [-0.25, -0.2) is 4.39 Å². The van der Waals surface area contributed by atoms with Crippen LogP contribution in [0.2, 0.25) is 0 Å². The molecule has 0 saturated heterocycles. The van der Waals surface area contributed by atoms with Gasteiger partial charge in [0.15, 0.2) is 11.6 Å². The molecule has 134 valence electrons. The summed E-state index contributed by atoms with van der Waals surface area (Å²) < 4.78 is 13.4. The molecule has 0 spiro atoms. The molecule has 0 heterocycles. The second kappa shape index (κ2) is 6.24. The molecular weight excluding hydrogens is 331 g/mol. The largest absolute Gasteiger partial charge is 0.398 e.